The van der Waals surface area contributed by atoms with E-state index in [1.165, 1.54) is 0 Å². The molecule has 1 aliphatic rings. The number of benzene rings is 1. The number of furan rings is 1. The Kier molecular flexibility index (Phi) is 3.97. The van der Waals surface area contributed by atoms with Crippen molar-refractivity contribution < 1.29 is 14.3 Å². The number of rotatable bonds is 3. The summed E-state index contributed by atoms with van der Waals surface area (Å²) in [5.41, 5.74) is 2.91. The summed E-state index contributed by atoms with van der Waals surface area (Å²) in [6.07, 6.45) is 5.09. The zero-order valence-electron chi connectivity index (χ0n) is 12.3. The highest BCUT2D eigenvalue weighted by Gasteiger charge is 2.21. The van der Waals surface area contributed by atoms with E-state index in [0.717, 1.165) is 47.8 Å². The zero-order valence-corrected chi connectivity index (χ0v) is 12.3. The summed E-state index contributed by atoms with van der Waals surface area (Å²) in [6, 6.07) is 6.22. The molecule has 112 valence electrons. The van der Waals surface area contributed by atoms with Gasteiger partial charge in [0.25, 0.3) is 0 Å². The lowest BCUT2D eigenvalue weighted by Gasteiger charge is -2.26. The largest absolute Gasteiger partial charge is 0.464 e. The van der Waals surface area contributed by atoms with Gasteiger partial charge in [-0.15, -0.1) is 0 Å². The Hall–Kier alpha value is -1.81. The molecule has 1 saturated carbocycles. The average molecular weight is 287 g/mol. The lowest BCUT2D eigenvalue weighted by atomic mass is 9.93. The minimum absolute atomic E-state index is 0.0275. The van der Waals surface area contributed by atoms with E-state index >= 15 is 0 Å². The van der Waals surface area contributed by atoms with Gasteiger partial charge in [0.1, 0.15) is 5.58 Å². The zero-order chi connectivity index (χ0) is 14.8. The summed E-state index contributed by atoms with van der Waals surface area (Å²) in [6.45, 7) is 2.02. The third-order valence-electron chi connectivity index (χ3n) is 4.22. The Morgan fingerprint density at radius 2 is 2.10 bits per heavy atom. The van der Waals surface area contributed by atoms with Crippen molar-refractivity contribution in [2.24, 2.45) is 0 Å². The molecule has 0 aliphatic heterocycles. The third-order valence-corrected chi connectivity index (χ3v) is 4.22. The van der Waals surface area contributed by atoms with Gasteiger partial charge < -0.3 is 14.8 Å². The Morgan fingerprint density at radius 3 is 2.86 bits per heavy atom. The molecule has 0 unspecified atom stereocenters. The van der Waals surface area contributed by atoms with Crippen LogP contribution in [0.15, 0.2) is 28.9 Å². The van der Waals surface area contributed by atoms with Gasteiger partial charge in [0.15, 0.2) is 0 Å². The Balaban J connectivity index is 1.63. The van der Waals surface area contributed by atoms with Crippen molar-refractivity contribution in [3.05, 3.63) is 35.6 Å². The Morgan fingerprint density at radius 1 is 1.33 bits per heavy atom. The molecule has 1 amide bonds. The topological polar surface area (TPSA) is 62.5 Å². The molecule has 1 aliphatic carbocycles. The molecular formula is C17H21NO3. The molecule has 1 aromatic carbocycles. The molecule has 0 bridgehead atoms. The number of amides is 1. The minimum Gasteiger partial charge on any atom is -0.464 e. The molecular weight excluding hydrogens is 266 g/mol. The number of hydrogen-bond acceptors (Lipinski definition) is 3. The summed E-state index contributed by atoms with van der Waals surface area (Å²) in [4.78, 5) is 12.2. The third kappa shape index (κ3) is 3.27. The second-order valence-corrected chi connectivity index (χ2v) is 6.01. The maximum atomic E-state index is 12.2. The van der Waals surface area contributed by atoms with Crippen LogP contribution in [0.25, 0.3) is 11.0 Å². The van der Waals surface area contributed by atoms with Gasteiger partial charge in [0, 0.05) is 17.0 Å². The van der Waals surface area contributed by atoms with Crippen molar-refractivity contribution in [2.75, 3.05) is 0 Å². The van der Waals surface area contributed by atoms with E-state index in [-0.39, 0.29) is 18.1 Å². The number of nitrogens with one attached hydrogen (secondary N) is 1. The number of carbonyl (C=O) groups excluding carboxylic acids is 1. The van der Waals surface area contributed by atoms with E-state index in [4.69, 9.17) is 4.42 Å². The second-order valence-electron chi connectivity index (χ2n) is 6.01. The number of fused-ring (bicyclic) bond motifs is 1. The van der Waals surface area contributed by atoms with Gasteiger partial charge in [-0.25, -0.2) is 0 Å². The summed E-state index contributed by atoms with van der Waals surface area (Å²) >= 11 is 0. The van der Waals surface area contributed by atoms with Gasteiger partial charge in [-0.2, -0.15) is 0 Å². The highest BCUT2D eigenvalue weighted by Crippen LogP contribution is 2.23. The molecule has 21 heavy (non-hydrogen) atoms. The van der Waals surface area contributed by atoms with Gasteiger partial charge in [-0.05, 0) is 44.2 Å². The van der Waals surface area contributed by atoms with Crippen molar-refractivity contribution >= 4 is 16.9 Å². The number of aliphatic hydroxyl groups excluding tert-OH is 1. The quantitative estimate of drug-likeness (QED) is 0.912. The number of aliphatic hydroxyl groups is 1. The summed E-state index contributed by atoms with van der Waals surface area (Å²) in [5, 5.41) is 13.6. The predicted octanol–water partition coefficient (Wildman–Crippen LogP) is 2.70. The van der Waals surface area contributed by atoms with Crippen LogP contribution in [0.4, 0.5) is 0 Å². The lowest BCUT2D eigenvalue weighted by molar-refractivity contribution is -0.121. The van der Waals surface area contributed by atoms with Gasteiger partial charge >= 0.3 is 0 Å². The van der Waals surface area contributed by atoms with Crippen molar-refractivity contribution in [2.45, 2.75) is 51.2 Å². The highest BCUT2D eigenvalue weighted by atomic mass is 16.3. The summed E-state index contributed by atoms with van der Waals surface area (Å²) in [7, 11) is 0. The first-order valence-corrected chi connectivity index (χ1v) is 7.56. The highest BCUT2D eigenvalue weighted by molar-refractivity contribution is 5.88. The van der Waals surface area contributed by atoms with Gasteiger partial charge in [0.05, 0.1) is 18.8 Å². The first-order chi connectivity index (χ1) is 10.1. The molecule has 4 nitrogen and oxygen atoms in total. The van der Waals surface area contributed by atoms with Crippen LogP contribution in [0, 0.1) is 6.92 Å². The smallest absolute Gasteiger partial charge is 0.224 e. The SMILES string of the molecule is Cc1ccc2c(CC(=O)NC3CCC(O)CC3)coc2c1. The summed E-state index contributed by atoms with van der Waals surface area (Å²) in [5.74, 6) is 0.0275. The van der Waals surface area contributed by atoms with Crippen LogP contribution in [-0.4, -0.2) is 23.2 Å². The minimum atomic E-state index is -0.195. The average Bonchev–Trinajstić information content (AvgIpc) is 2.83. The van der Waals surface area contributed by atoms with Crippen LogP contribution in [0.1, 0.15) is 36.8 Å². The first kappa shape index (κ1) is 14.1. The molecule has 1 aromatic heterocycles. The number of hydrogen-bond donors (Lipinski definition) is 2. The molecule has 4 heteroatoms. The second kappa shape index (κ2) is 5.90. The van der Waals surface area contributed by atoms with Crippen LogP contribution in [-0.2, 0) is 11.2 Å². The van der Waals surface area contributed by atoms with Crippen molar-refractivity contribution in [3.63, 3.8) is 0 Å². The number of carbonyl (C=O) groups is 1. The lowest BCUT2D eigenvalue weighted by Crippen LogP contribution is -2.39. The van der Waals surface area contributed by atoms with Gasteiger partial charge in [-0.3, -0.25) is 4.79 Å². The Bertz CT molecular complexity index is 639. The van der Waals surface area contributed by atoms with Gasteiger partial charge in [0.2, 0.25) is 5.91 Å². The fraction of sp³-hybridized carbons (Fsp3) is 0.471. The van der Waals surface area contributed by atoms with E-state index in [1.807, 2.05) is 25.1 Å². The van der Waals surface area contributed by atoms with Crippen LogP contribution in [0.5, 0.6) is 0 Å². The predicted molar refractivity (Wildman–Crippen MR) is 81.1 cm³/mol. The van der Waals surface area contributed by atoms with E-state index in [9.17, 15) is 9.90 Å². The van der Waals surface area contributed by atoms with Crippen LogP contribution < -0.4 is 5.32 Å². The van der Waals surface area contributed by atoms with Gasteiger partial charge in [-0.1, -0.05) is 12.1 Å². The molecule has 1 fully saturated rings. The maximum absolute atomic E-state index is 12.2. The van der Waals surface area contributed by atoms with Crippen LogP contribution in [0.2, 0.25) is 0 Å². The molecule has 0 spiro atoms. The van der Waals surface area contributed by atoms with E-state index in [0.29, 0.717) is 6.42 Å². The van der Waals surface area contributed by atoms with Crippen LogP contribution in [0.3, 0.4) is 0 Å². The van der Waals surface area contributed by atoms with Crippen molar-refractivity contribution in [1.29, 1.82) is 0 Å². The molecule has 0 saturated heterocycles. The summed E-state index contributed by atoms with van der Waals surface area (Å²) < 4.78 is 5.52. The molecule has 3 rings (SSSR count). The van der Waals surface area contributed by atoms with Crippen molar-refractivity contribution in [3.8, 4) is 0 Å². The van der Waals surface area contributed by atoms with E-state index in [1.54, 1.807) is 6.26 Å². The maximum Gasteiger partial charge on any atom is 0.224 e. The first-order valence-electron chi connectivity index (χ1n) is 7.56. The molecule has 0 atom stereocenters. The van der Waals surface area contributed by atoms with E-state index < -0.39 is 0 Å². The normalized spacial score (nSPS) is 22.4. The number of aryl methyl sites for hydroxylation is 1. The fourth-order valence-electron chi connectivity index (χ4n) is 3.00. The molecule has 0 radical (unpaired) electrons. The molecule has 2 N–H and O–H groups in total. The van der Waals surface area contributed by atoms with Crippen LogP contribution >= 0.6 is 0 Å². The monoisotopic (exact) mass is 287 g/mol. The standard InChI is InChI=1S/C17H21NO3/c1-11-2-7-15-12(10-21-16(15)8-11)9-17(20)18-13-3-5-14(19)6-4-13/h2,7-8,10,13-14,19H,3-6,9H2,1H3,(H,18,20). The molecule has 2 aromatic rings. The molecule has 1 heterocycles. The van der Waals surface area contributed by atoms with E-state index in [2.05, 4.69) is 5.32 Å². The van der Waals surface area contributed by atoms with Crippen molar-refractivity contribution in [1.82, 2.24) is 5.32 Å². The fourth-order valence-corrected chi connectivity index (χ4v) is 3.00. The Labute approximate surface area is 124 Å².